The highest BCUT2D eigenvalue weighted by Gasteiger charge is 2.33. The van der Waals surface area contributed by atoms with Crippen molar-refractivity contribution < 1.29 is 40.1 Å². The number of nitriles is 1. The third-order valence-corrected chi connectivity index (χ3v) is 6.89. The molecular formula is C26H19BrF3N3O6S. The Morgan fingerprint density at radius 2 is 1.70 bits per heavy atom. The van der Waals surface area contributed by atoms with Crippen LogP contribution in [0.25, 0.3) is 6.08 Å². The summed E-state index contributed by atoms with van der Waals surface area (Å²) in [5, 5.41) is 14.1. The van der Waals surface area contributed by atoms with E-state index >= 15 is 0 Å². The van der Waals surface area contributed by atoms with Crippen LogP contribution < -0.4 is 19.6 Å². The van der Waals surface area contributed by atoms with Gasteiger partial charge in [0.15, 0.2) is 11.5 Å². The summed E-state index contributed by atoms with van der Waals surface area (Å²) in [7, 11) is -3.14. The number of halogens is 4. The first-order chi connectivity index (χ1) is 18.7. The Labute approximate surface area is 235 Å². The van der Waals surface area contributed by atoms with E-state index < -0.39 is 39.0 Å². The zero-order valence-corrected chi connectivity index (χ0v) is 23.1. The zero-order valence-electron chi connectivity index (χ0n) is 20.7. The smallest absolute Gasteiger partial charge is 0.418 e. The van der Waals surface area contributed by atoms with Gasteiger partial charge in [0.2, 0.25) is 5.91 Å². The van der Waals surface area contributed by atoms with Gasteiger partial charge in [-0.3, -0.25) is 9.59 Å². The lowest BCUT2D eigenvalue weighted by molar-refractivity contribution is -0.137. The van der Waals surface area contributed by atoms with Gasteiger partial charge in [-0.2, -0.15) is 26.9 Å². The van der Waals surface area contributed by atoms with Gasteiger partial charge in [0, 0.05) is 12.6 Å². The Balaban J connectivity index is 1.90. The summed E-state index contributed by atoms with van der Waals surface area (Å²) in [6.07, 6.45) is -3.65. The van der Waals surface area contributed by atoms with Gasteiger partial charge < -0.3 is 19.6 Å². The predicted molar refractivity (Wildman–Crippen MR) is 143 cm³/mol. The first kappa shape index (κ1) is 30.2. The first-order valence-corrected chi connectivity index (χ1v) is 13.2. The standard InChI is InChI=1S/C26H19BrF3N3O6S/c1-15(34)32-18-7-9-19(10-8-18)40(36,37)39-24-21(27)12-16(13-23(24)38-2)11-17(14-31)25(35)33-22-6-4-3-5-20(22)26(28,29)30/h3-13H,1-2H3,(H,32,34)(H,33,35)/b17-11+. The van der Waals surface area contributed by atoms with Gasteiger partial charge in [-0.15, -0.1) is 0 Å². The quantitative estimate of drug-likeness (QED) is 0.182. The lowest BCUT2D eigenvalue weighted by Crippen LogP contribution is -2.17. The zero-order chi connectivity index (χ0) is 29.7. The molecule has 9 nitrogen and oxygen atoms in total. The van der Waals surface area contributed by atoms with Gasteiger partial charge in [0.1, 0.15) is 16.5 Å². The number of anilines is 2. The average Bonchev–Trinajstić information content (AvgIpc) is 2.88. The SMILES string of the molecule is COc1cc(/C=C(\C#N)C(=O)Nc2ccccc2C(F)(F)F)cc(Br)c1OS(=O)(=O)c1ccc(NC(C)=O)cc1. The molecule has 0 radical (unpaired) electrons. The molecule has 0 fully saturated rings. The molecule has 3 aromatic carbocycles. The summed E-state index contributed by atoms with van der Waals surface area (Å²) in [5.41, 5.74) is -1.60. The summed E-state index contributed by atoms with van der Waals surface area (Å²) in [5.74, 6) is -1.77. The molecule has 40 heavy (non-hydrogen) atoms. The number of ether oxygens (including phenoxy) is 1. The molecule has 0 heterocycles. The Hall–Kier alpha value is -4.35. The van der Waals surface area contributed by atoms with E-state index in [1.165, 1.54) is 56.5 Å². The van der Waals surface area contributed by atoms with Gasteiger partial charge >= 0.3 is 16.3 Å². The largest absolute Gasteiger partial charge is 0.493 e. The van der Waals surface area contributed by atoms with E-state index in [9.17, 15) is 36.4 Å². The molecule has 0 aliphatic rings. The summed E-state index contributed by atoms with van der Waals surface area (Å²) in [6, 6.07) is 13.7. The molecule has 0 saturated carbocycles. The molecule has 0 atom stereocenters. The number of carbonyl (C=O) groups is 2. The van der Waals surface area contributed by atoms with Crippen LogP contribution in [-0.2, 0) is 25.9 Å². The molecule has 0 aromatic heterocycles. The van der Waals surface area contributed by atoms with Gasteiger partial charge in [-0.05, 0) is 76.1 Å². The number of nitrogens with zero attached hydrogens (tertiary/aromatic N) is 1. The summed E-state index contributed by atoms with van der Waals surface area (Å²) >= 11 is 3.18. The van der Waals surface area contributed by atoms with Crippen molar-refractivity contribution in [3.8, 4) is 17.6 Å². The molecule has 3 rings (SSSR count). The Kier molecular flexibility index (Phi) is 9.23. The van der Waals surface area contributed by atoms with Gasteiger partial charge in [-0.1, -0.05) is 12.1 Å². The maximum Gasteiger partial charge on any atom is 0.418 e. The lowest BCUT2D eigenvalue weighted by atomic mass is 10.1. The van der Waals surface area contributed by atoms with E-state index in [0.29, 0.717) is 5.69 Å². The lowest BCUT2D eigenvalue weighted by Gasteiger charge is -2.14. The Morgan fingerprint density at radius 3 is 2.27 bits per heavy atom. The number of hydrogen-bond donors (Lipinski definition) is 2. The second kappa shape index (κ2) is 12.2. The maximum atomic E-state index is 13.3. The fraction of sp³-hybridized carbons (Fsp3) is 0.115. The number of benzene rings is 3. The Morgan fingerprint density at radius 1 is 1.05 bits per heavy atom. The van der Waals surface area contributed by atoms with Crippen LogP contribution in [0, 0.1) is 11.3 Å². The van der Waals surface area contributed by atoms with E-state index in [4.69, 9.17) is 8.92 Å². The summed E-state index contributed by atoms with van der Waals surface area (Å²) in [6.45, 7) is 1.30. The van der Waals surface area contributed by atoms with E-state index in [1.807, 2.05) is 0 Å². The number of nitrogens with one attached hydrogen (secondary N) is 2. The van der Waals surface area contributed by atoms with Crippen molar-refractivity contribution in [3.63, 3.8) is 0 Å². The van der Waals surface area contributed by atoms with Gasteiger partial charge in [0.25, 0.3) is 5.91 Å². The molecular weight excluding hydrogens is 619 g/mol. The molecule has 0 saturated heterocycles. The van der Waals surface area contributed by atoms with Crippen molar-refractivity contribution >= 4 is 55.3 Å². The second-order valence-electron chi connectivity index (χ2n) is 7.94. The molecule has 0 aliphatic carbocycles. The number of hydrogen-bond acceptors (Lipinski definition) is 7. The average molecular weight is 638 g/mol. The van der Waals surface area contributed by atoms with E-state index in [0.717, 1.165) is 24.3 Å². The second-order valence-corrected chi connectivity index (χ2v) is 10.3. The van der Waals surface area contributed by atoms with Gasteiger partial charge in [-0.25, -0.2) is 0 Å². The van der Waals surface area contributed by atoms with Crippen molar-refractivity contribution in [2.24, 2.45) is 0 Å². The number of rotatable bonds is 8. The van der Waals surface area contributed by atoms with Crippen LogP contribution in [-0.4, -0.2) is 27.3 Å². The number of carbonyl (C=O) groups excluding carboxylic acids is 2. The summed E-state index contributed by atoms with van der Waals surface area (Å²) in [4.78, 5) is 23.6. The van der Waals surface area contributed by atoms with Crippen LogP contribution in [0.3, 0.4) is 0 Å². The molecule has 0 bridgehead atoms. The topological polar surface area (TPSA) is 135 Å². The number of alkyl halides is 3. The van der Waals surface area contributed by atoms with Crippen LogP contribution in [0.1, 0.15) is 18.1 Å². The molecule has 3 aromatic rings. The van der Waals surface area contributed by atoms with Crippen LogP contribution >= 0.6 is 15.9 Å². The normalized spacial score (nSPS) is 11.8. The Bertz CT molecular complexity index is 1630. The van der Waals surface area contributed by atoms with Crippen molar-refractivity contribution in [1.82, 2.24) is 0 Å². The highest BCUT2D eigenvalue weighted by Crippen LogP contribution is 2.39. The van der Waals surface area contributed by atoms with Crippen molar-refractivity contribution in [3.05, 3.63) is 81.8 Å². The minimum absolute atomic E-state index is 0.0663. The minimum Gasteiger partial charge on any atom is -0.493 e. The fourth-order valence-electron chi connectivity index (χ4n) is 3.31. The third kappa shape index (κ3) is 7.39. The van der Waals surface area contributed by atoms with Crippen molar-refractivity contribution in [2.45, 2.75) is 18.0 Å². The highest BCUT2D eigenvalue weighted by atomic mass is 79.9. The molecule has 2 N–H and O–H groups in total. The van der Waals surface area contributed by atoms with Gasteiger partial charge in [0.05, 0.1) is 22.8 Å². The third-order valence-electron chi connectivity index (χ3n) is 5.06. The highest BCUT2D eigenvalue weighted by molar-refractivity contribution is 9.10. The van der Waals surface area contributed by atoms with Crippen molar-refractivity contribution in [2.75, 3.05) is 17.7 Å². The van der Waals surface area contributed by atoms with Crippen LogP contribution in [0.4, 0.5) is 24.5 Å². The first-order valence-electron chi connectivity index (χ1n) is 11.0. The van der Waals surface area contributed by atoms with Crippen molar-refractivity contribution in [1.29, 1.82) is 5.26 Å². The molecule has 2 amide bonds. The fourth-order valence-corrected chi connectivity index (χ4v) is 4.92. The van der Waals surface area contributed by atoms with Crippen LogP contribution in [0.15, 0.2) is 75.6 Å². The van der Waals surface area contributed by atoms with Crippen LogP contribution in [0.2, 0.25) is 0 Å². The van der Waals surface area contributed by atoms with E-state index in [-0.39, 0.29) is 32.3 Å². The van der Waals surface area contributed by atoms with E-state index in [2.05, 4.69) is 26.6 Å². The monoisotopic (exact) mass is 637 g/mol. The maximum absolute atomic E-state index is 13.3. The molecule has 0 spiro atoms. The molecule has 0 aliphatic heterocycles. The van der Waals surface area contributed by atoms with E-state index in [1.54, 1.807) is 6.07 Å². The molecule has 0 unspecified atom stereocenters. The molecule has 14 heteroatoms. The van der Waals surface area contributed by atoms with Crippen LogP contribution in [0.5, 0.6) is 11.5 Å². The number of amides is 2. The summed E-state index contributed by atoms with van der Waals surface area (Å²) < 4.78 is 76.1. The number of para-hydroxylation sites is 1. The molecule has 208 valence electrons. The predicted octanol–water partition coefficient (Wildman–Crippen LogP) is 5.75. The minimum atomic E-state index is -4.73. The number of methoxy groups -OCH3 is 1.